The Bertz CT molecular complexity index is 1000. The standard InChI is InChI=1S/C20H16F2N2O/c1-11-12(2)25-20-15(6-4-8-17(20)22)18(24-11)14-9-13-5-3-7-16(21)19(13)23-10-14/h3-12H,1-2H3/t11-,12+/m0/s1. The summed E-state index contributed by atoms with van der Waals surface area (Å²) in [5, 5.41) is 0.670. The highest BCUT2D eigenvalue weighted by Crippen LogP contribution is 2.31. The van der Waals surface area contributed by atoms with Crippen molar-refractivity contribution in [2.45, 2.75) is 26.0 Å². The largest absolute Gasteiger partial charge is 0.485 e. The van der Waals surface area contributed by atoms with E-state index in [2.05, 4.69) is 4.98 Å². The van der Waals surface area contributed by atoms with Gasteiger partial charge >= 0.3 is 0 Å². The lowest BCUT2D eigenvalue weighted by Gasteiger charge is -2.16. The van der Waals surface area contributed by atoms with Gasteiger partial charge in [-0.25, -0.2) is 8.78 Å². The van der Waals surface area contributed by atoms with Crippen molar-refractivity contribution < 1.29 is 13.5 Å². The zero-order chi connectivity index (χ0) is 17.6. The second-order valence-corrected chi connectivity index (χ2v) is 6.19. The Labute approximate surface area is 144 Å². The van der Waals surface area contributed by atoms with Crippen LogP contribution >= 0.6 is 0 Å². The average Bonchev–Trinajstić information content (AvgIpc) is 2.73. The quantitative estimate of drug-likeness (QED) is 0.654. The van der Waals surface area contributed by atoms with Crippen molar-refractivity contribution in [1.29, 1.82) is 0 Å². The maximum Gasteiger partial charge on any atom is 0.165 e. The molecule has 0 N–H and O–H groups in total. The van der Waals surface area contributed by atoms with Gasteiger partial charge in [-0.15, -0.1) is 0 Å². The van der Waals surface area contributed by atoms with Crippen molar-refractivity contribution in [3.63, 3.8) is 0 Å². The minimum atomic E-state index is -0.425. The summed E-state index contributed by atoms with van der Waals surface area (Å²) in [6, 6.07) is 11.2. The number of nitrogens with zero attached hydrogens (tertiary/aromatic N) is 2. The highest BCUT2D eigenvalue weighted by atomic mass is 19.1. The van der Waals surface area contributed by atoms with E-state index in [9.17, 15) is 8.78 Å². The molecule has 1 aromatic heterocycles. The first kappa shape index (κ1) is 15.7. The van der Waals surface area contributed by atoms with Crippen molar-refractivity contribution in [2.75, 3.05) is 0 Å². The second kappa shape index (κ2) is 5.92. The fraction of sp³-hybridized carbons (Fsp3) is 0.200. The van der Waals surface area contributed by atoms with Gasteiger partial charge < -0.3 is 4.74 Å². The molecule has 0 fully saturated rings. The third-order valence-corrected chi connectivity index (χ3v) is 4.47. The van der Waals surface area contributed by atoms with Crippen molar-refractivity contribution in [1.82, 2.24) is 4.98 Å². The lowest BCUT2D eigenvalue weighted by molar-refractivity contribution is 0.192. The van der Waals surface area contributed by atoms with Gasteiger partial charge in [0, 0.05) is 22.7 Å². The van der Waals surface area contributed by atoms with Crippen LogP contribution in [0.25, 0.3) is 10.9 Å². The number of para-hydroxylation sites is 2. The fourth-order valence-electron chi connectivity index (χ4n) is 2.96. The molecule has 0 saturated carbocycles. The fourth-order valence-corrected chi connectivity index (χ4v) is 2.96. The lowest BCUT2D eigenvalue weighted by Crippen LogP contribution is -2.23. The van der Waals surface area contributed by atoms with E-state index in [-0.39, 0.29) is 23.7 Å². The van der Waals surface area contributed by atoms with Gasteiger partial charge in [0.05, 0.1) is 11.8 Å². The highest BCUT2D eigenvalue weighted by molar-refractivity contribution is 6.15. The van der Waals surface area contributed by atoms with Gasteiger partial charge in [-0.2, -0.15) is 0 Å². The molecule has 3 aromatic rings. The predicted molar refractivity (Wildman–Crippen MR) is 93.3 cm³/mol. The van der Waals surface area contributed by atoms with E-state index >= 15 is 0 Å². The number of rotatable bonds is 1. The normalized spacial score (nSPS) is 19.8. The van der Waals surface area contributed by atoms with Gasteiger partial charge in [0.1, 0.15) is 17.4 Å². The van der Waals surface area contributed by atoms with Crippen molar-refractivity contribution >= 4 is 16.6 Å². The van der Waals surface area contributed by atoms with Gasteiger partial charge in [0.2, 0.25) is 0 Å². The number of pyridine rings is 1. The Balaban J connectivity index is 1.94. The van der Waals surface area contributed by atoms with Crippen LogP contribution in [0.4, 0.5) is 8.78 Å². The molecule has 3 nitrogen and oxygen atoms in total. The number of hydrogen-bond acceptors (Lipinski definition) is 3. The van der Waals surface area contributed by atoms with Gasteiger partial charge in [-0.3, -0.25) is 9.98 Å². The number of benzene rings is 2. The monoisotopic (exact) mass is 338 g/mol. The molecular formula is C20H16F2N2O. The average molecular weight is 338 g/mol. The van der Waals surface area contributed by atoms with Crippen LogP contribution in [0.5, 0.6) is 5.75 Å². The summed E-state index contributed by atoms with van der Waals surface area (Å²) in [4.78, 5) is 8.97. The van der Waals surface area contributed by atoms with Crippen LogP contribution in [0.2, 0.25) is 0 Å². The molecule has 2 aromatic carbocycles. The van der Waals surface area contributed by atoms with E-state index in [0.717, 1.165) is 0 Å². The molecule has 0 radical (unpaired) electrons. The summed E-state index contributed by atoms with van der Waals surface area (Å²) in [7, 11) is 0. The number of ether oxygens (including phenoxy) is 1. The summed E-state index contributed by atoms with van der Waals surface area (Å²) in [5.41, 5.74) is 2.19. The molecule has 2 atom stereocenters. The Kier molecular flexibility index (Phi) is 3.71. The Morgan fingerprint density at radius 3 is 2.60 bits per heavy atom. The first-order chi connectivity index (χ1) is 12.0. The molecule has 5 heteroatoms. The van der Waals surface area contributed by atoms with Gasteiger partial charge in [-0.1, -0.05) is 18.2 Å². The number of aliphatic imine (C=N–C) groups is 1. The summed E-state index contributed by atoms with van der Waals surface area (Å²) in [5.74, 6) is -0.605. The van der Waals surface area contributed by atoms with Crippen LogP contribution in [-0.4, -0.2) is 22.8 Å². The predicted octanol–water partition coefficient (Wildman–Crippen LogP) is 4.52. The van der Waals surface area contributed by atoms with Gasteiger partial charge in [0.25, 0.3) is 0 Å². The lowest BCUT2D eigenvalue weighted by atomic mass is 10.0. The second-order valence-electron chi connectivity index (χ2n) is 6.19. The first-order valence-corrected chi connectivity index (χ1v) is 8.12. The third kappa shape index (κ3) is 2.65. The van der Waals surface area contributed by atoms with E-state index in [1.807, 2.05) is 19.9 Å². The molecule has 1 aliphatic heterocycles. The molecule has 0 spiro atoms. The smallest absolute Gasteiger partial charge is 0.165 e. The topological polar surface area (TPSA) is 34.5 Å². The Hall–Kier alpha value is -2.82. The summed E-state index contributed by atoms with van der Waals surface area (Å²) < 4.78 is 34.0. The maximum absolute atomic E-state index is 14.3. The van der Waals surface area contributed by atoms with E-state index < -0.39 is 5.82 Å². The van der Waals surface area contributed by atoms with Crippen LogP contribution in [0.15, 0.2) is 53.7 Å². The maximum atomic E-state index is 14.3. The van der Waals surface area contributed by atoms with Crippen molar-refractivity contribution in [2.24, 2.45) is 4.99 Å². The number of hydrogen-bond donors (Lipinski definition) is 0. The van der Waals surface area contributed by atoms with Crippen LogP contribution < -0.4 is 4.74 Å². The van der Waals surface area contributed by atoms with Crippen LogP contribution in [-0.2, 0) is 0 Å². The van der Waals surface area contributed by atoms with E-state index in [1.165, 1.54) is 12.1 Å². The zero-order valence-electron chi connectivity index (χ0n) is 13.8. The number of fused-ring (bicyclic) bond motifs is 2. The molecule has 2 heterocycles. The first-order valence-electron chi connectivity index (χ1n) is 8.12. The number of halogens is 2. The van der Waals surface area contributed by atoms with E-state index in [1.54, 1.807) is 30.5 Å². The molecule has 0 aliphatic carbocycles. The Morgan fingerprint density at radius 2 is 1.76 bits per heavy atom. The highest BCUT2D eigenvalue weighted by Gasteiger charge is 2.26. The van der Waals surface area contributed by atoms with Crippen LogP contribution in [0, 0.1) is 11.6 Å². The summed E-state index contributed by atoms with van der Waals surface area (Å²) >= 11 is 0. The zero-order valence-corrected chi connectivity index (χ0v) is 13.8. The van der Waals surface area contributed by atoms with Crippen molar-refractivity contribution in [3.05, 3.63) is 71.4 Å². The minimum absolute atomic E-state index is 0.162. The van der Waals surface area contributed by atoms with E-state index in [0.29, 0.717) is 27.7 Å². The van der Waals surface area contributed by atoms with Gasteiger partial charge in [-0.05, 0) is 38.1 Å². The summed E-state index contributed by atoms with van der Waals surface area (Å²) in [6.07, 6.45) is 1.31. The third-order valence-electron chi connectivity index (χ3n) is 4.47. The minimum Gasteiger partial charge on any atom is -0.485 e. The molecule has 4 rings (SSSR count). The molecule has 1 aliphatic rings. The van der Waals surface area contributed by atoms with E-state index in [4.69, 9.17) is 9.73 Å². The number of aromatic nitrogens is 1. The molecule has 0 unspecified atom stereocenters. The molecule has 126 valence electrons. The van der Waals surface area contributed by atoms with Crippen molar-refractivity contribution in [3.8, 4) is 5.75 Å². The molecule has 0 saturated heterocycles. The summed E-state index contributed by atoms with van der Waals surface area (Å²) in [6.45, 7) is 3.78. The SMILES string of the molecule is C[C@@H]1N=C(c2cnc3c(F)cccc3c2)c2cccc(F)c2O[C@@H]1C. The molecule has 0 amide bonds. The molecule has 0 bridgehead atoms. The Morgan fingerprint density at radius 1 is 1.00 bits per heavy atom. The molecule has 25 heavy (non-hydrogen) atoms. The van der Waals surface area contributed by atoms with Crippen LogP contribution in [0.1, 0.15) is 25.0 Å². The van der Waals surface area contributed by atoms with Crippen LogP contribution in [0.3, 0.4) is 0 Å². The van der Waals surface area contributed by atoms with Gasteiger partial charge in [0.15, 0.2) is 11.6 Å². The molecular weight excluding hydrogens is 322 g/mol.